The summed E-state index contributed by atoms with van der Waals surface area (Å²) in [6.07, 6.45) is 0. The van der Waals surface area contributed by atoms with Crippen molar-refractivity contribution in [2.75, 3.05) is 0 Å². The Bertz CT molecular complexity index is 396. The summed E-state index contributed by atoms with van der Waals surface area (Å²) in [4.78, 5) is 20.7. The number of nitrogens with zero attached hydrogens (tertiary/aromatic N) is 3. The van der Waals surface area contributed by atoms with E-state index < -0.39 is 10.8 Å². The number of hydrogen-bond acceptors (Lipinski definition) is 4. The molecule has 1 rings (SSSR count). The van der Waals surface area contributed by atoms with Crippen molar-refractivity contribution in [1.82, 2.24) is 9.78 Å². The lowest BCUT2D eigenvalue weighted by molar-refractivity contribution is -0.386. The maximum Gasteiger partial charge on any atom is 0.312 e. The van der Waals surface area contributed by atoms with Crippen molar-refractivity contribution in [1.29, 1.82) is 0 Å². The molecule has 0 aliphatic heterocycles. The van der Waals surface area contributed by atoms with Gasteiger partial charge >= 0.3 is 5.69 Å². The summed E-state index contributed by atoms with van der Waals surface area (Å²) in [5.41, 5.74) is 5.52. The van der Waals surface area contributed by atoms with E-state index in [2.05, 4.69) is 5.10 Å². The molecule has 0 unspecified atom stereocenters. The average Bonchev–Trinajstić information content (AvgIpc) is 2.25. The molecule has 0 aliphatic rings. The zero-order chi connectivity index (χ0) is 10.9. The largest absolute Gasteiger partial charge is 0.368 e. The Morgan fingerprint density at radius 1 is 1.64 bits per heavy atom. The van der Waals surface area contributed by atoms with Crippen LogP contribution in [0.4, 0.5) is 5.69 Å². The van der Waals surface area contributed by atoms with Crippen LogP contribution in [0.5, 0.6) is 0 Å². The van der Waals surface area contributed by atoms with E-state index in [-0.39, 0.29) is 17.9 Å². The Morgan fingerprint density at radius 2 is 2.21 bits per heavy atom. The molecule has 0 atom stereocenters. The lowest BCUT2D eigenvalue weighted by atomic mass is 10.3. The number of carbonyl (C=O) groups is 1. The molecule has 2 N–H and O–H groups in total. The summed E-state index contributed by atoms with van der Waals surface area (Å²) in [6, 6.07) is 0. The van der Waals surface area contributed by atoms with Gasteiger partial charge in [0.1, 0.15) is 17.9 Å². The Balaban J connectivity index is 3.16. The molecule has 0 aliphatic carbocycles. The smallest absolute Gasteiger partial charge is 0.312 e. The molecule has 1 aromatic rings. The predicted molar refractivity (Wildman–Crippen MR) is 47.5 cm³/mol. The van der Waals surface area contributed by atoms with Gasteiger partial charge in [-0.05, 0) is 13.8 Å². The van der Waals surface area contributed by atoms with Gasteiger partial charge in [0.15, 0.2) is 0 Å². The second kappa shape index (κ2) is 3.44. The molecule has 7 heteroatoms. The van der Waals surface area contributed by atoms with Gasteiger partial charge in [-0.2, -0.15) is 5.10 Å². The number of hydrogen-bond donors (Lipinski definition) is 1. The summed E-state index contributed by atoms with van der Waals surface area (Å²) in [5, 5.41) is 14.4. The first-order chi connectivity index (χ1) is 6.43. The number of nitro groups is 1. The van der Waals surface area contributed by atoms with Gasteiger partial charge in [-0.3, -0.25) is 19.6 Å². The molecule has 1 heterocycles. The quantitative estimate of drug-likeness (QED) is 0.540. The molecular formula is C7H10N4O3. The second-order valence-corrected chi connectivity index (χ2v) is 2.90. The summed E-state index contributed by atoms with van der Waals surface area (Å²) >= 11 is 0. The normalized spacial score (nSPS) is 10.1. The van der Waals surface area contributed by atoms with E-state index >= 15 is 0 Å². The first-order valence-electron chi connectivity index (χ1n) is 3.90. The van der Waals surface area contributed by atoms with Gasteiger partial charge in [0.2, 0.25) is 5.91 Å². The number of aromatic nitrogens is 2. The fourth-order valence-electron chi connectivity index (χ4n) is 1.25. The van der Waals surface area contributed by atoms with Gasteiger partial charge in [0.05, 0.1) is 4.92 Å². The van der Waals surface area contributed by atoms with Gasteiger partial charge in [0, 0.05) is 0 Å². The van der Waals surface area contributed by atoms with Crippen molar-refractivity contribution in [2.45, 2.75) is 20.4 Å². The van der Waals surface area contributed by atoms with Crippen molar-refractivity contribution in [3.63, 3.8) is 0 Å². The van der Waals surface area contributed by atoms with Crippen LogP contribution >= 0.6 is 0 Å². The van der Waals surface area contributed by atoms with Crippen LogP contribution in [0.3, 0.4) is 0 Å². The van der Waals surface area contributed by atoms with E-state index in [1.165, 1.54) is 18.5 Å². The van der Waals surface area contributed by atoms with Gasteiger partial charge in [-0.15, -0.1) is 0 Å². The second-order valence-electron chi connectivity index (χ2n) is 2.90. The van der Waals surface area contributed by atoms with E-state index in [4.69, 9.17) is 5.73 Å². The molecule has 0 fully saturated rings. The monoisotopic (exact) mass is 198 g/mol. The number of amides is 1. The molecule has 0 bridgehead atoms. The highest BCUT2D eigenvalue weighted by atomic mass is 16.6. The van der Waals surface area contributed by atoms with Crippen LogP contribution < -0.4 is 5.73 Å². The summed E-state index contributed by atoms with van der Waals surface area (Å²) < 4.78 is 1.23. The van der Waals surface area contributed by atoms with Crippen molar-refractivity contribution in [3.05, 3.63) is 21.5 Å². The van der Waals surface area contributed by atoms with Gasteiger partial charge in [-0.1, -0.05) is 0 Å². The van der Waals surface area contributed by atoms with Crippen molar-refractivity contribution in [3.8, 4) is 0 Å². The number of carbonyl (C=O) groups excluding carboxylic acids is 1. The van der Waals surface area contributed by atoms with E-state index in [0.717, 1.165) is 0 Å². The fraction of sp³-hybridized carbons (Fsp3) is 0.429. The van der Waals surface area contributed by atoms with Crippen molar-refractivity contribution < 1.29 is 9.72 Å². The fourth-order valence-corrected chi connectivity index (χ4v) is 1.25. The highest BCUT2D eigenvalue weighted by Crippen LogP contribution is 2.21. The van der Waals surface area contributed by atoms with Gasteiger partial charge < -0.3 is 5.73 Å². The van der Waals surface area contributed by atoms with Crippen LogP contribution in [0.15, 0.2) is 0 Å². The van der Waals surface area contributed by atoms with E-state index in [0.29, 0.717) is 5.69 Å². The SMILES string of the molecule is Cc1nn(CC(N)=O)c(C)c1[N+](=O)[O-]. The average molecular weight is 198 g/mol. The third kappa shape index (κ3) is 1.70. The first-order valence-corrected chi connectivity index (χ1v) is 3.90. The Morgan fingerprint density at radius 3 is 2.57 bits per heavy atom. The molecule has 1 amide bonds. The molecule has 7 nitrogen and oxygen atoms in total. The van der Waals surface area contributed by atoms with Crippen LogP contribution in [0.25, 0.3) is 0 Å². The van der Waals surface area contributed by atoms with Crippen LogP contribution in [0.1, 0.15) is 11.4 Å². The van der Waals surface area contributed by atoms with Crippen LogP contribution in [-0.2, 0) is 11.3 Å². The zero-order valence-electron chi connectivity index (χ0n) is 7.85. The molecule has 0 radical (unpaired) electrons. The minimum absolute atomic E-state index is 0.0637. The van der Waals surface area contributed by atoms with Crippen LogP contribution in [0, 0.1) is 24.0 Å². The predicted octanol–water partition coefficient (Wildman–Crippen LogP) is -0.107. The third-order valence-corrected chi connectivity index (χ3v) is 1.83. The molecule has 76 valence electrons. The Labute approximate surface area is 79.7 Å². The van der Waals surface area contributed by atoms with Crippen LogP contribution in [0.2, 0.25) is 0 Å². The highest BCUT2D eigenvalue weighted by molar-refractivity contribution is 5.73. The Hall–Kier alpha value is -1.92. The minimum Gasteiger partial charge on any atom is -0.368 e. The maximum atomic E-state index is 10.6. The van der Waals surface area contributed by atoms with Crippen LogP contribution in [-0.4, -0.2) is 20.6 Å². The molecule has 0 aromatic carbocycles. The van der Waals surface area contributed by atoms with E-state index in [9.17, 15) is 14.9 Å². The third-order valence-electron chi connectivity index (χ3n) is 1.83. The lowest BCUT2D eigenvalue weighted by Gasteiger charge is -1.97. The molecule has 1 aromatic heterocycles. The molecule has 0 spiro atoms. The number of nitrogens with two attached hydrogens (primary N) is 1. The summed E-state index contributed by atoms with van der Waals surface area (Å²) in [5.74, 6) is -0.578. The first kappa shape index (κ1) is 10.2. The van der Waals surface area contributed by atoms with Crippen molar-refractivity contribution in [2.24, 2.45) is 5.73 Å². The minimum atomic E-state index is -0.578. The number of rotatable bonds is 3. The maximum absolute atomic E-state index is 10.6. The topological polar surface area (TPSA) is 104 Å². The van der Waals surface area contributed by atoms with Gasteiger partial charge in [-0.25, -0.2) is 0 Å². The molecule has 14 heavy (non-hydrogen) atoms. The summed E-state index contributed by atoms with van der Waals surface area (Å²) in [7, 11) is 0. The molecule has 0 saturated heterocycles. The van der Waals surface area contributed by atoms with E-state index in [1.807, 2.05) is 0 Å². The summed E-state index contributed by atoms with van der Waals surface area (Å²) in [6.45, 7) is 2.91. The Kier molecular flexibility index (Phi) is 2.50. The van der Waals surface area contributed by atoms with E-state index in [1.54, 1.807) is 0 Å². The van der Waals surface area contributed by atoms with Crippen molar-refractivity contribution >= 4 is 11.6 Å². The standard InChI is InChI=1S/C7H10N4O3/c1-4-7(11(13)14)5(2)10(9-4)3-6(8)12/h3H2,1-2H3,(H2,8,12). The number of aryl methyl sites for hydroxylation is 1. The molecular weight excluding hydrogens is 188 g/mol. The zero-order valence-corrected chi connectivity index (χ0v) is 7.85. The van der Waals surface area contributed by atoms with Gasteiger partial charge in [0.25, 0.3) is 0 Å². The lowest BCUT2D eigenvalue weighted by Crippen LogP contribution is -2.20. The highest BCUT2D eigenvalue weighted by Gasteiger charge is 2.21. The number of primary amides is 1. The molecule has 0 saturated carbocycles.